The minimum absolute atomic E-state index is 0.0214. The van der Waals surface area contributed by atoms with Gasteiger partial charge in [0.25, 0.3) is 10.0 Å². The lowest BCUT2D eigenvalue weighted by Crippen LogP contribution is -2.33. The van der Waals surface area contributed by atoms with E-state index in [9.17, 15) is 13.2 Å². The van der Waals surface area contributed by atoms with Gasteiger partial charge in [0.15, 0.2) is 0 Å². The number of anilines is 2. The molecule has 3 aromatic rings. The normalized spacial score (nSPS) is 16.7. The maximum Gasteiger partial charge on any atom is 0.261 e. The fourth-order valence-electron chi connectivity index (χ4n) is 3.52. The first kappa shape index (κ1) is 16.6. The van der Waals surface area contributed by atoms with Gasteiger partial charge in [0, 0.05) is 24.0 Å². The highest BCUT2D eigenvalue weighted by molar-refractivity contribution is 7.92. The SMILES string of the molecule is CC(=O)N1c2ccc(S(=O)(=O)Nc3cccc4[nH]ncc34)cc2CC1C. The number of carbonyl (C=O) groups is 1. The molecule has 0 radical (unpaired) electrons. The van der Waals surface area contributed by atoms with E-state index in [1.165, 1.54) is 13.0 Å². The quantitative estimate of drug-likeness (QED) is 0.741. The highest BCUT2D eigenvalue weighted by atomic mass is 32.2. The molecule has 7 nitrogen and oxygen atoms in total. The average Bonchev–Trinajstić information content (AvgIpc) is 3.17. The third kappa shape index (κ3) is 2.62. The Balaban J connectivity index is 1.71. The van der Waals surface area contributed by atoms with E-state index in [4.69, 9.17) is 0 Å². The molecule has 1 atom stereocenters. The van der Waals surface area contributed by atoms with Gasteiger partial charge in [0.2, 0.25) is 5.91 Å². The maximum absolute atomic E-state index is 12.8. The topological polar surface area (TPSA) is 95.2 Å². The van der Waals surface area contributed by atoms with E-state index in [1.54, 1.807) is 35.4 Å². The third-order valence-corrected chi connectivity index (χ3v) is 6.01. The highest BCUT2D eigenvalue weighted by Gasteiger charge is 2.30. The summed E-state index contributed by atoms with van der Waals surface area (Å²) in [5.74, 6) is -0.0448. The van der Waals surface area contributed by atoms with Crippen LogP contribution in [0.4, 0.5) is 11.4 Å². The molecule has 2 aromatic carbocycles. The van der Waals surface area contributed by atoms with Crippen LogP contribution in [0.15, 0.2) is 47.5 Å². The van der Waals surface area contributed by atoms with Gasteiger partial charge in [-0.1, -0.05) is 6.07 Å². The van der Waals surface area contributed by atoms with Gasteiger partial charge in [-0.15, -0.1) is 0 Å². The van der Waals surface area contributed by atoms with Gasteiger partial charge < -0.3 is 4.90 Å². The van der Waals surface area contributed by atoms with Crippen LogP contribution in [0.1, 0.15) is 19.4 Å². The molecule has 1 aliphatic heterocycles. The molecule has 0 saturated carbocycles. The number of sulfonamides is 1. The Labute approximate surface area is 151 Å². The number of H-pyrrole nitrogens is 1. The number of nitrogens with one attached hydrogen (secondary N) is 2. The summed E-state index contributed by atoms with van der Waals surface area (Å²) in [6, 6.07) is 10.2. The van der Waals surface area contributed by atoms with E-state index in [-0.39, 0.29) is 16.8 Å². The minimum atomic E-state index is -3.75. The van der Waals surface area contributed by atoms with E-state index >= 15 is 0 Å². The molecule has 2 N–H and O–H groups in total. The van der Waals surface area contributed by atoms with Crippen molar-refractivity contribution in [1.29, 1.82) is 0 Å². The van der Waals surface area contributed by atoms with Gasteiger partial charge in [-0.3, -0.25) is 14.6 Å². The molecule has 0 spiro atoms. The largest absolute Gasteiger partial charge is 0.309 e. The minimum Gasteiger partial charge on any atom is -0.309 e. The highest BCUT2D eigenvalue weighted by Crippen LogP contribution is 2.34. The Kier molecular flexibility index (Phi) is 3.73. The Morgan fingerprint density at radius 1 is 1.31 bits per heavy atom. The molecule has 8 heteroatoms. The predicted molar refractivity (Wildman–Crippen MR) is 99.7 cm³/mol. The summed E-state index contributed by atoms with van der Waals surface area (Å²) in [7, 11) is -3.75. The van der Waals surface area contributed by atoms with Gasteiger partial charge in [0.1, 0.15) is 0 Å². The zero-order chi connectivity index (χ0) is 18.5. The van der Waals surface area contributed by atoms with E-state index < -0.39 is 10.0 Å². The monoisotopic (exact) mass is 370 g/mol. The molecule has 0 aliphatic carbocycles. The van der Waals surface area contributed by atoms with Crippen molar-refractivity contribution in [3.05, 3.63) is 48.2 Å². The van der Waals surface area contributed by atoms with E-state index in [0.717, 1.165) is 16.8 Å². The van der Waals surface area contributed by atoms with Crippen LogP contribution in [-0.2, 0) is 21.2 Å². The number of fused-ring (bicyclic) bond motifs is 2. The van der Waals surface area contributed by atoms with E-state index in [0.29, 0.717) is 17.5 Å². The van der Waals surface area contributed by atoms with Gasteiger partial charge in [0.05, 0.1) is 22.3 Å². The first-order valence-corrected chi connectivity index (χ1v) is 9.73. The van der Waals surface area contributed by atoms with Gasteiger partial charge in [-0.05, 0) is 49.2 Å². The van der Waals surface area contributed by atoms with Crippen molar-refractivity contribution in [3.8, 4) is 0 Å². The molecule has 1 aliphatic rings. The Morgan fingerprint density at radius 2 is 2.12 bits per heavy atom. The fraction of sp³-hybridized carbons (Fsp3) is 0.222. The first-order valence-electron chi connectivity index (χ1n) is 8.24. The van der Waals surface area contributed by atoms with Crippen molar-refractivity contribution >= 4 is 38.2 Å². The first-order chi connectivity index (χ1) is 12.4. The second kappa shape index (κ2) is 5.84. The summed E-state index contributed by atoms with van der Waals surface area (Å²) in [6.45, 7) is 3.47. The number of amides is 1. The lowest BCUT2D eigenvalue weighted by molar-refractivity contribution is -0.116. The second-order valence-corrected chi connectivity index (χ2v) is 8.16. The Morgan fingerprint density at radius 3 is 2.88 bits per heavy atom. The van der Waals surface area contributed by atoms with Gasteiger partial charge in [-0.2, -0.15) is 5.10 Å². The molecule has 0 fully saturated rings. The van der Waals surface area contributed by atoms with Crippen LogP contribution in [0, 0.1) is 0 Å². The number of hydrogen-bond donors (Lipinski definition) is 2. The molecule has 0 saturated heterocycles. The van der Waals surface area contributed by atoms with Crippen LogP contribution in [0.25, 0.3) is 10.9 Å². The van der Waals surface area contributed by atoms with Crippen molar-refractivity contribution < 1.29 is 13.2 Å². The van der Waals surface area contributed by atoms with Crippen LogP contribution in [0.2, 0.25) is 0 Å². The van der Waals surface area contributed by atoms with Crippen LogP contribution in [0.5, 0.6) is 0 Å². The summed E-state index contributed by atoms with van der Waals surface area (Å²) < 4.78 is 28.3. The molecule has 1 unspecified atom stereocenters. The molecule has 0 bridgehead atoms. The van der Waals surface area contributed by atoms with Crippen LogP contribution in [-0.4, -0.2) is 30.6 Å². The van der Waals surface area contributed by atoms with Crippen molar-refractivity contribution in [2.75, 3.05) is 9.62 Å². The summed E-state index contributed by atoms with van der Waals surface area (Å²) in [6.07, 6.45) is 2.22. The molecule has 134 valence electrons. The van der Waals surface area contributed by atoms with Crippen LogP contribution >= 0.6 is 0 Å². The summed E-state index contributed by atoms with van der Waals surface area (Å²) in [5, 5.41) is 7.47. The van der Waals surface area contributed by atoms with Gasteiger partial charge >= 0.3 is 0 Å². The lowest BCUT2D eigenvalue weighted by Gasteiger charge is -2.20. The second-order valence-electron chi connectivity index (χ2n) is 6.47. The van der Waals surface area contributed by atoms with Crippen molar-refractivity contribution in [3.63, 3.8) is 0 Å². The average molecular weight is 370 g/mol. The molecule has 1 aromatic heterocycles. The Bertz CT molecular complexity index is 1120. The number of hydrogen-bond acceptors (Lipinski definition) is 4. The number of carbonyl (C=O) groups excluding carboxylic acids is 1. The summed E-state index contributed by atoms with van der Waals surface area (Å²) in [5.41, 5.74) is 2.86. The van der Waals surface area contributed by atoms with Crippen LogP contribution < -0.4 is 9.62 Å². The van der Waals surface area contributed by atoms with Crippen LogP contribution in [0.3, 0.4) is 0 Å². The van der Waals surface area contributed by atoms with E-state index in [2.05, 4.69) is 14.9 Å². The zero-order valence-electron chi connectivity index (χ0n) is 14.4. The number of benzene rings is 2. The van der Waals surface area contributed by atoms with Crippen molar-refractivity contribution in [1.82, 2.24) is 10.2 Å². The predicted octanol–water partition coefficient (Wildman–Crippen LogP) is 2.66. The number of aromatic nitrogens is 2. The Hall–Kier alpha value is -2.87. The molecular formula is C18H18N4O3S. The van der Waals surface area contributed by atoms with Gasteiger partial charge in [-0.25, -0.2) is 8.42 Å². The fourth-order valence-corrected chi connectivity index (χ4v) is 4.65. The molecule has 26 heavy (non-hydrogen) atoms. The molecule has 2 heterocycles. The number of nitrogens with zero attached hydrogens (tertiary/aromatic N) is 2. The zero-order valence-corrected chi connectivity index (χ0v) is 15.2. The lowest BCUT2D eigenvalue weighted by atomic mass is 10.1. The molecule has 1 amide bonds. The molecule has 4 rings (SSSR count). The van der Waals surface area contributed by atoms with Crippen molar-refractivity contribution in [2.24, 2.45) is 0 Å². The summed E-state index contributed by atoms with van der Waals surface area (Å²) >= 11 is 0. The smallest absolute Gasteiger partial charge is 0.261 e. The third-order valence-electron chi connectivity index (χ3n) is 4.65. The summed E-state index contributed by atoms with van der Waals surface area (Å²) in [4.78, 5) is 13.7. The van der Waals surface area contributed by atoms with Crippen molar-refractivity contribution in [2.45, 2.75) is 31.2 Å². The molecular weight excluding hydrogens is 352 g/mol. The number of aromatic amines is 1. The number of rotatable bonds is 3. The maximum atomic E-state index is 12.8. The van der Waals surface area contributed by atoms with E-state index in [1.807, 2.05) is 13.0 Å². The standard InChI is InChI=1S/C18H18N4O3S/c1-11-8-13-9-14(6-7-18(13)22(11)12(2)23)26(24,25)21-17-5-3-4-16-15(17)10-19-20-16/h3-7,9-11,21H,8H2,1-2H3,(H,19,20).